The number of aliphatic hydroxyl groups is 1. The van der Waals surface area contributed by atoms with Gasteiger partial charge in [-0.15, -0.1) is 10.2 Å². The SMILES string of the molecule is O=C(c1cccc(Cl)c1)N1CCN(c2ccc(N3CCN(CCO)CC3)nn2)CC1. The number of rotatable bonds is 5. The van der Waals surface area contributed by atoms with Gasteiger partial charge in [0.15, 0.2) is 11.6 Å². The molecule has 1 aromatic heterocycles. The van der Waals surface area contributed by atoms with Crippen molar-refractivity contribution in [3.8, 4) is 0 Å². The molecule has 2 aliphatic heterocycles. The molecule has 3 heterocycles. The second-order valence-electron chi connectivity index (χ2n) is 7.59. The van der Waals surface area contributed by atoms with Crippen molar-refractivity contribution < 1.29 is 9.90 Å². The Morgan fingerprint density at radius 2 is 1.50 bits per heavy atom. The van der Waals surface area contributed by atoms with Crippen LogP contribution in [0.3, 0.4) is 0 Å². The number of β-amino-alcohol motifs (C(OH)–C–C–N with tert-alkyl or cyclic N) is 1. The summed E-state index contributed by atoms with van der Waals surface area (Å²) in [5.74, 6) is 1.74. The number of aliphatic hydroxyl groups excluding tert-OH is 1. The second kappa shape index (κ2) is 9.59. The predicted octanol–water partition coefficient (Wildman–Crippen LogP) is 1.21. The molecule has 30 heavy (non-hydrogen) atoms. The first kappa shape index (κ1) is 20.8. The van der Waals surface area contributed by atoms with Crippen molar-refractivity contribution in [2.75, 3.05) is 75.3 Å². The molecule has 1 aromatic carbocycles. The quantitative estimate of drug-likeness (QED) is 0.764. The standard InChI is InChI=1S/C21H27ClN6O2/c22-18-3-1-2-17(16-18)21(30)28-12-10-27(11-13-28)20-5-4-19(23-24-20)26-8-6-25(7-9-26)14-15-29/h1-5,16,29H,6-15H2. The number of nitrogens with zero attached hydrogens (tertiary/aromatic N) is 6. The largest absolute Gasteiger partial charge is 0.395 e. The zero-order valence-corrected chi connectivity index (χ0v) is 17.7. The molecule has 0 atom stereocenters. The van der Waals surface area contributed by atoms with Gasteiger partial charge in [0.2, 0.25) is 0 Å². The van der Waals surface area contributed by atoms with Gasteiger partial charge in [0.05, 0.1) is 6.61 Å². The van der Waals surface area contributed by atoms with Crippen LogP contribution in [-0.2, 0) is 0 Å². The highest BCUT2D eigenvalue weighted by Crippen LogP contribution is 2.19. The van der Waals surface area contributed by atoms with Gasteiger partial charge in [-0.2, -0.15) is 0 Å². The van der Waals surface area contributed by atoms with Crippen LogP contribution in [0.4, 0.5) is 11.6 Å². The number of anilines is 2. The van der Waals surface area contributed by atoms with Crippen molar-refractivity contribution in [1.29, 1.82) is 0 Å². The van der Waals surface area contributed by atoms with Crippen molar-refractivity contribution >= 4 is 29.1 Å². The normalized spacial score (nSPS) is 18.0. The number of hydrogen-bond donors (Lipinski definition) is 1. The van der Waals surface area contributed by atoms with E-state index in [1.54, 1.807) is 24.3 Å². The minimum Gasteiger partial charge on any atom is -0.395 e. The molecule has 0 bridgehead atoms. The lowest BCUT2D eigenvalue weighted by Gasteiger charge is -2.36. The highest BCUT2D eigenvalue weighted by Gasteiger charge is 2.24. The van der Waals surface area contributed by atoms with E-state index >= 15 is 0 Å². The highest BCUT2D eigenvalue weighted by molar-refractivity contribution is 6.30. The molecule has 0 aliphatic carbocycles. The Labute approximate surface area is 181 Å². The van der Waals surface area contributed by atoms with Gasteiger partial charge in [-0.05, 0) is 30.3 Å². The summed E-state index contributed by atoms with van der Waals surface area (Å²) in [4.78, 5) is 21.2. The molecule has 1 amide bonds. The summed E-state index contributed by atoms with van der Waals surface area (Å²) < 4.78 is 0. The van der Waals surface area contributed by atoms with Crippen LogP contribution in [0, 0.1) is 0 Å². The van der Waals surface area contributed by atoms with Gasteiger partial charge in [0, 0.05) is 69.5 Å². The Kier molecular flexibility index (Phi) is 6.66. The smallest absolute Gasteiger partial charge is 0.254 e. The van der Waals surface area contributed by atoms with Crippen LogP contribution in [0.5, 0.6) is 0 Å². The summed E-state index contributed by atoms with van der Waals surface area (Å²) in [6.07, 6.45) is 0. The Balaban J connectivity index is 1.30. The number of halogens is 1. The molecule has 2 fully saturated rings. The molecule has 0 radical (unpaired) electrons. The monoisotopic (exact) mass is 430 g/mol. The van der Waals surface area contributed by atoms with E-state index in [9.17, 15) is 4.79 Å². The maximum absolute atomic E-state index is 12.7. The summed E-state index contributed by atoms with van der Waals surface area (Å²) in [5.41, 5.74) is 0.624. The maximum Gasteiger partial charge on any atom is 0.254 e. The molecule has 2 aromatic rings. The Hall–Kier alpha value is -2.42. The van der Waals surface area contributed by atoms with Gasteiger partial charge in [0.1, 0.15) is 0 Å². The van der Waals surface area contributed by atoms with Crippen LogP contribution in [-0.4, -0.2) is 96.5 Å². The van der Waals surface area contributed by atoms with Gasteiger partial charge in [-0.25, -0.2) is 0 Å². The lowest BCUT2D eigenvalue weighted by molar-refractivity contribution is 0.0746. The first-order valence-corrected chi connectivity index (χ1v) is 10.7. The van der Waals surface area contributed by atoms with Crippen LogP contribution >= 0.6 is 11.6 Å². The molecule has 0 spiro atoms. The number of benzene rings is 1. The summed E-state index contributed by atoms with van der Waals surface area (Å²) in [5, 5.41) is 18.5. The van der Waals surface area contributed by atoms with Crippen LogP contribution in [0.2, 0.25) is 5.02 Å². The third kappa shape index (κ3) is 4.83. The van der Waals surface area contributed by atoms with Crippen molar-refractivity contribution in [3.05, 3.63) is 47.0 Å². The fourth-order valence-corrected chi connectivity index (χ4v) is 4.13. The fourth-order valence-electron chi connectivity index (χ4n) is 3.94. The first-order chi connectivity index (χ1) is 14.6. The molecule has 4 rings (SSSR count). The third-order valence-electron chi connectivity index (χ3n) is 5.71. The second-order valence-corrected chi connectivity index (χ2v) is 8.03. The van der Waals surface area contributed by atoms with E-state index in [1.807, 2.05) is 17.0 Å². The van der Waals surface area contributed by atoms with E-state index in [4.69, 9.17) is 16.7 Å². The van der Waals surface area contributed by atoms with Gasteiger partial charge in [-0.1, -0.05) is 17.7 Å². The van der Waals surface area contributed by atoms with Crippen molar-refractivity contribution in [1.82, 2.24) is 20.0 Å². The Bertz CT molecular complexity index is 849. The van der Waals surface area contributed by atoms with Gasteiger partial charge in [0.25, 0.3) is 5.91 Å². The molecular formula is C21H27ClN6O2. The van der Waals surface area contributed by atoms with E-state index in [0.717, 1.165) is 57.4 Å². The van der Waals surface area contributed by atoms with Crippen molar-refractivity contribution in [2.24, 2.45) is 0 Å². The first-order valence-electron chi connectivity index (χ1n) is 10.4. The number of hydrogen-bond acceptors (Lipinski definition) is 7. The lowest BCUT2D eigenvalue weighted by atomic mass is 10.2. The predicted molar refractivity (Wildman–Crippen MR) is 117 cm³/mol. The molecule has 0 saturated carbocycles. The van der Waals surface area contributed by atoms with Gasteiger partial charge >= 0.3 is 0 Å². The lowest BCUT2D eigenvalue weighted by Crippen LogP contribution is -2.49. The van der Waals surface area contributed by atoms with E-state index in [1.165, 1.54) is 0 Å². The fraction of sp³-hybridized carbons (Fsp3) is 0.476. The van der Waals surface area contributed by atoms with Crippen molar-refractivity contribution in [3.63, 3.8) is 0 Å². The molecule has 2 aliphatic rings. The summed E-state index contributed by atoms with van der Waals surface area (Å²) in [6.45, 7) is 7.27. The molecular weight excluding hydrogens is 404 g/mol. The zero-order chi connectivity index (χ0) is 20.9. The number of carbonyl (C=O) groups is 1. The van der Waals surface area contributed by atoms with Crippen LogP contribution in [0.1, 0.15) is 10.4 Å². The number of aromatic nitrogens is 2. The summed E-state index contributed by atoms with van der Waals surface area (Å²) >= 11 is 6.01. The van der Waals surface area contributed by atoms with E-state index in [2.05, 4.69) is 24.9 Å². The third-order valence-corrected chi connectivity index (χ3v) is 5.95. The van der Waals surface area contributed by atoms with Crippen LogP contribution in [0.25, 0.3) is 0 Å². The minimum atomic E-state index is 0.0129. The number of piperazine rings is 2. The molecule has 2 saturated heterocycles. The average molecular weight is 431 g/mol. The zero-order valence-electron chi connectivity index (χ0n) is 17.0. The Morgan fingerprint density at radius 3 is 2.03 bits per heavy atom. The molecule has 1 N–H and O–H groups in total. The van der Waals surface area contributed by atoms with E-state index < -0.39 is 0 Å². The minimum absolute atomic E-state index is 0.0129. The Morgan fingerprint density at radius 1 is 0.900 bits per heavy atom. The topological polar surface area (TPSA) is 76.0 Å². The van der Waals surface area contributed by atoms with E-state index in [0.29, 0.717) is 23.7 Å². The summed E-state index contributed by atoms with van der Waals surface area (Å²) in [6, 6.07) is 11.1. The average Bonchev–Trinajstić information content (AvgIpc) is 2.80. The molecule has 0 unspecified atom stereocenters. The molecule has 8 nitrogen and oxygen atoms in total. The van der Waals surface area contributed by atoms with Crippen LogP contribution < -0.4 is 9.80 Å². The summed E-state index contributed by atoms with van der Waals surface area (Å²) in [7, 11) is 0. The highest BCUT2D eigenvalue weighted by atomic mass is 35.5. The van der Waals surface area contributed by atoms with Crippen molar-refractivity contribution in [2.45, 2.75) is 0 Å². The van der Waals surface area contributed by atoms with E-state index in [-0.39, 0.29) is 12.5 Å². The molecule has 9 heteroatoms. The molecule has 160 valence electrons. The van der Waals surface area contributed by atoms with Crippen LogP contribution in [0.15, 0.2) is 36.4 Å². The number of amides is 1. The number of carbonyl (C=O) groups excluding carboxylic acids is 1. The van der Waals surface area contributed by atoms with Gasteiger partial charge in [-0.3, -0.25) is 9.69 Å². The maximum atomic E-state index is 12.7. The van der Waals surface area contributed by atoms with Gasteiger partial charge < -0.3 is 19.8 Å².